The third kappa shape index (κ3) is 5.18. The van der Waals surface area contributed by atoms with E-state index in [4.69, 9.17) is 17.3 Å². The summed E-state index contributed by atoms with van der Waals surface area (Å²) in [6, 6.07) is 12.0. The van der Waals surface area contributed by atoms with Gasteiger partial charge in [0.25, 0.3) is 5.69 Å². The van der Waals surface area contributed by atoms with Crippen molar-refractivity contribution in [3.8, 4) is 0 Å². The Morgan fingerprint density at radius 1 is 1.38 bits per heavy atom. The van der Waals surface area contributed by atoms with Gasteiger partial charge in [0.2, 0.25) is 0 Å². The van der Waals surface area contributed by atoms with Crippen LogP contribution >= 0.6 is 23.8 Å². The first-order valence-electron chi connectivity index (χ1n) is 6.81. The number of hydrazone groups is 1. The van der Waals surface area contributed by atoms with E-state index in [0.717, 1.165) is 5.56 Å². The molecule has 0 aromatic heterocycles. The number of nitrogens with zero attached hydrogens (tertiary/aromatic N) is 2. The highest BCUT2D eigenvalue weighted by Gasteiger charge is 2.14. The number of hydrogen-bond acceptors (Lipinski definition) is 5. The number of nitro groups is 1. The van der Waals surface area contributed by atoms with Gasteiger partial charge in [0, 0.05) is 23.2 Å². The molecule has 124 valence electrons. The summed E-state index contributed by atoms with van der Waals surface area (Å²) in [7, 11) is 0. The fourth-order valence-corrected chi connectivity index (χ4v) is 2.21. The molecular formula is C15H14ClN5O2S. The molecule has 2 rings (SSSR count). The Hall–Kier alpha value is -2.71. The molecule has 0 aliphatic heterocycles. The predicted molar refractivity (Wildman–Crippen MR) is 99.4 cm³/mol. The van der Waals surface area contributed by atoms with Crippen LogP contribution in [0.4, 0.5) is 11.4 Å². The Bertz CT molecular complexity index is 797. The quantitative estimate of drug-likeness (QED) is 0.315. The second-order valence-corrected chi connectivity index (χ2v) is 5.63. The van der Waals surface area contributed by atoms with Crippen molar-refractivity contribution in [2.75, 3.05) is 5.32 Å². The first-order valence-corrected chi connectivity index (χ1v) is 7.59. The van der Waals surface area contributed by atoms with Gasteiger partial charge in [0.05, 0.1) is 11.1 Å². The SMILES string of the molecule is NC(=S)N/N=C/c1ccc(NCc2cccc(Cl)c2)c([N+](=O)[O-])c1. The summed E-state index contributed by atoms with van der Waals surface area (Å²) in [6.07, 6.45) is 1.40. The number of anilines is 1. The Labute approximate surface area is 148 Å². The molecule has 0 saturated carbocycles. The number of rotatable bonds is 6. The molecule has 0 saturated heterocycles. The summed E-state index contributed by atoms with van der Waals surface area (Å²) >= 11 is 10.5. The van der Waals surface area contributed by atoms with Gasteiger partial charge in [-0.05, 0) is 36.0 Å². The first kappa shape index (κ1) is 17.6. The van der Waals surface area contributed by atoms with E-state index in [9.17, 15) is 10.1 Å². The van der Waals surface area contributed by atoms with Gasteiger partial charge in [-0.15, -0.1) is 0 Å². The highest BCUT2D eigenvalue weighted by Crippen LogP contribution is 2.26. The Morgan fingerprint density at radius 2 is 2.17 bits per heavy atom. The van der Waals surface area contributed by atoms with Crippen LogP contribution in [0, 0.1) is 10.1 Å². The van der Waals surface area contributed by atoms with Gasteiger partial charge < -0.3 is 11.1 Å². The molecule has 0 aliphatic carbocycles. The molecule has 0 radical (unpaired) electrons. The fraction of sp³-hybridized carbons (Fsp3) is 0.0667. The molecule has 7 nitrogen and oxygen atoms in total. The summed E-state index contributed by atoms with van der Waals surface area (Å²) in [5, 5.41) is 18.7. The van der Waals surface area contributed by atoms with Crippen LogP contribution in [0.3, 0.4) is 0 Å². The van der Waals surface area contributed by atoms with Gasteiger partial charge in [0.15, 0.2) is 5.11 Å². The molecule has 0 heterocycles. The van der Waals surface area contributed by atoms with E-state index in [0.29, 0.717) is 22.8 Å². The van der Waals surface area contributed by atoms with Gasteiger partial charge in [-0.2, -0.15) is 5.10 Å². The number of nitrogens with one attached hydrogen (secondary N) is 2. The molecule has 2 aromatic rings. The van der Waals surface area contributed by atoms with Gasteiger partial charge in [-0.25, -0.2) is 0 Å². The van der Waals surface area contributed by atoms with Crippen LogP contribution in [0.5, 0.6) is 0 Å². The van der Waals surface area contributed by atoms with E-state index in [1.54, 1.807) is 24.3 Å². The maximum atomic E-state index is 11.3. The van der Waals surface area contributed by atoms with E-state index >= 15 is 0 Å². The summed E-state index contributed by atoms with van der Waals surface area (Å²) in [5.74, 6) is 0. The van der Waals surface area contributed by atoms with Gasteiger partial charge in [-0.3, -0.25) is 15.5 Å². The first-order chi connectivity index (χ1) is 11.5. The minimum absolute atomic E-state index is 0.0144. The molecule has 0 bridgehead atoms. The van der Waals surface area contributed by atoms with Crippen LogP contribution < -0.4 is 16.5 Å². The molecule has 4 N–H and O–H groups in total. The summed E-state index contributed by atoms with van der Waals surface area (Å²) in [6.45, 7) is 0.415. The van der Waals surface area contributed by atoms with E-state index in [2.05, 4.69) is 28.1 Å². The minimum atomic E-state index is -0.460. The number of halogens is 1. The highest BCUT2D eigenvalue weighted by molar-refractivity contribution is 7.80. The van der Waals surface area contributed by atoms with E-state index in [1.165, 1.54) is 12.3 Å². The number of thiocarbonyl (C=S) groups is 1. The molecule has 9 heteroatoms. The van der Waals surface area contributed by atoms with Crippen LogP contribution in [-0.4, -0.2) is 16.3 Å². The Balaban J connectivity index is 2.15. The van der Waals surface area contributed by atoms with Crippen LogP contribution in [0.25, 0.3) is 0 Å². The minimum Gasteiger partial charge on any atom is -0.375 e. The lowest BCUT2D eigenvalue weighted by atomic mass is 10.1. The van der Waals surface area contributed by atoms with Gasteiger partial charge in [0.1, 0.15) is 5.69 Å². The second kappa shape index (κ2) is 8.23. The average Bonchev–Trinajstić information content (AvgIpc) is 2.53. The molecule has 2 aromatic carbocycles. The van der Waals surface area contributed by atoms with Crippen molar-refractivity contribution in [2.45, 2.75) is 6.54 Å². The molecule has 0 amide bonds. The monoisotopic (exact) mass is 363 g/mol. The van der Waals surface area contributed by atoms with Crippen LogP contribution in [0.15, 0.2) is 47.6 Å². The summed E-state index contributed by atoms with van der Waals surface area (Å²) < 4.78 is 0. The number of benzene rings is 2. The van der Waals surface area contributed by atoms with Crippen molar-refractivity contribution in [3.05, 3.63) is 68.7 Å². The number of hydrogen-bond donors (Lipinski definition) is 3. The molecule has 24 heavy (non-hydrogen) atoms. The van der Waals surface area contributed by atoms with Gasteiger partial charge >= 0.3 is 0 Å². The van der Waals surface area contributed by atoms with Crippen LogP contribution in [0.2, 0.25) is 5.02 Å². The standard InChI is InChI=1S/C15H14ClN5O2S/c16-12-3-1-2-10(6-12)8-18-13-5-4-11(7-14(13)21(22)23)9-19-20-15(17)24/h1-7,9,18H,8H2,(H3,17,20,24)/b19-9+. The molecule has 0 spiro atoms. The smallest absolute Gasteiger partial charge is 0.292 e. The zero-order valence-corrected chi connectivity index (χ0v) is 14.0. The van der Waals surface area contributed by atoms with Crippen molar-refractivity contribution in [1.29, 1.82) is 0 Å². The van der Waals surface area contributed by atoms with E-state index < -0.39 is 4.92 Å². The maximum absolute atomic E-state index is 11.3. The van der Waals surface area contributed by atoms with Crippen molar-refractivity contribution >= 4 is 46.5 Å². The van der Waals surface area contributed by atoms with E-state index in [-0.39, 0.29) is 10.8 Å². The summed E-state index contributed by atoms with van der Waals surface area (Å²) in [4.78, 5) is 10.8. The Kier molecular flexibility index (Phi) is 6.05. The Morgan fingerprint density at radius 3 is 2.83 bits per heavy atom. The van der Waals surface area contributed by atoms with Crippen LogP contribution in [0.1, 0.15) is 11.1 Å². The van der Waals surface area contributed by atoms with Crippen molar-refractivity contribution in [3.63, 3.8) is 0 Å². The maximum Gasteiger partial charge on any atom is 0.292 e. The third-order valence-corrected chi connectivity index (χ3v) is 3.31. The zero-order valence-electron chi connectivity index (χ0n) is 12.4. The van der Waals surface area contributed by atoms with E-state index in [1.807, 2.05) is 12.1 Å². The highest BCUT2D eigenvalue weighted by atomic mass is 35.5. The molecule has 0 fully saturated rings. The topological polar surface area (TPSA) is 106 Å². The lowest BCUT2D eigenvalue weighted by Crippen LogP contribution is -2.23. The normalized spacial score (nSPS) is 10.5. The molecule has 0 aliphatic rings. The summed E-state index contributed by atoms with van der Waals surface area (Å²) in [5.41, 5.74) is 9.44. The number of nitro benzene ring substituents is 1. The third-order valence-electron chi connectivity index (χ3n) is 2.98. The van der Waals surface area contributed by atoms with Crippen molar-refractivity contribution < 1.29 is 4.92 Å². The largest absolute Gasteiger partial charge is 0.375 e. The molecule has 0 unspecified atom stereocenters. The predicted octanol–water partition coefficient (Wildman–Crippen LogP) is 3.03. The number of nitrogens with two attached hydrogens (primary N) is 1. The second-order valence-electron chi connectivity index (χ2n) is 4.75. The lowest BCUT2D eigenvalue weighted by molar-refractivity contribution is -0.384. The zero-order chi connectivity index (χ0) is 17.5. The molecule has 0 atom stereocenters. The van der Waals surface area contributed by atoms with Gasteiger partial charge in [-0.1, -0.05) is 29.8 Å². The van der Waals surface area contributed by atoms with Crippen LogP contribution in [-0.2, 0) is 6.54 Å². The van der Waals surface area contributed by atoms with Crippen molar-refractivity contribution in [1.82, 2.24) is 5.43 Å². The average molecular weight is 364 g/mol. The fourth-order valence-electron chi connectivity index (χ4n) is 1.94. The van der Waals surface area contributed by atoms with Crippen molar-refractivity contribution in [2.24, 2.45) is 10.8 Å². The lowest BCUT2D eigenvalue weighted by Gasteiger charge is -2.08. The molecular weight excluding hydrogens is 350 g/mol.